The summed E-state index contributed by atoms with van der Waals surface area (Å²) in [7, 11) is 3.41. The molecule has 0 spiro atoms. The number of thioether (sulfide) groups is 1. The van der Waals surface area contributed by atoms with Crippen molar-refractivity contribution in [3.8, 4) is 10.7 Å². The van der Waals surface area contributed by atoms with E-state index in [4.69, 9.17) is 17.4 Å². The second kappa shape index (κ2) is 6.38. The summed E-state index contributed by atoms with van der Waals surface area (Å²) in [6.07, 6.45) is 0. The lowest BCUT2D eigenvalue weighted by Crippen LogP contribution is -2.24. The van der Waals surface area contributed by atoms with Crippen molar-refractivity contribution in [1.82, 2.24) is 19.8 Å². The van der Waals surface area contributed by atoms with E-state index in [-0.39, 0.29) is 11.7 Å². The number of fused-ring (bicyclic) bond motifs is 1. The molecule has 0 aliphatic carbocycles. The van der Waals surface area contributed by atoms with Gasteiger partial charge in [-0.25, -0.2) is 4.68 Å². The molecule has 0 aliphatic rings. The summed E-state index contributed by atoms with van der Waals surface area (Å²) >= 11 is 9.21. The number of halogens is 1. The normalized spacial score (nSPS) is 11.1. The summed E-state index contributed by atoms with van der Waals surface area (Å²) in [5.74, 6) is 6.82. The van der Waals surface area contributed by atoms with Crippen LogP contribution in [-0.2, 0) is 4.79 Å². The van der Waals surface area contributed by atoms with Crippen molar-refractivity contribution in [2.24, 2.45) is 0 Å². The summed E-state index contributed by atoms with van der Waals surface area (Å²) in [4.78, 5) is 14.0. The van der Waals surface area contributed by atoms with Crippen molar-refractivity contribution >= 4 is 50.7 Å². The zero-order valence-corrected chi connectivity index (χ0v) is 14.9. The molecule has 0 saturated carbocycles. The Morgan fingerprint density at radius 2 is 2.13 bits per heavy atom. The first-order valence-corrected chi connectivity index (χ1v) is 8.88. The fourth-order valence-corrected chi connectivity index (χ4v) is 4.28. The number of carbonyl (C=O) groups excluding carboxylic acids is 1. The topological polar surface area (TPSA) is 77.0 Å². The minimum Gasteiger partial charge on any atom is -0.348 e. The number of hydrogen-bond donors (Lipinski definition) is 1. The summed E-state index contributed by atoms with van der Waals surface area (Å²) < 4.78 is 2.44. The molecule has 120 valence electrons. The Bertz CT molecular complexity index is 873. The third-order valence-corrected chi connectivity index (χ3v) is 5.83. The van der Waals surface area contributed by atoms with Crippen LogP contribution in [0.4, 0.5) is 0 Å². The maximum absolute atomic E-state index is 11.7. The van der Waals surface area contributed by atoms with Gasteiger partial charge in [0.25, 0.3) is 0 Å². The van der Waals surface area contributed by atoms with Gasteiger partial charge in [-0.2, -0.15) is 0 Å². The molecule has 9 heteroatoms. The van der Waals surface area contributed by atoms with Crippen molar-refractivity contribution in [2.75, 3.05) is 25.7 Å². The lowest BCUT2D eigenvalue weighted by Gasteiger charge is -2.09. The molecule has 2 N–H and O–H groups in total. The van der Waals surface area contributed by atoms with E-state index in [9.17, 15) is 4.79 Å². The highest BCUT2D eigenvalue weighted by Gasteiger charge is 2.19. The average Bonchev–Trinajstić information content (AvgIpc) is 3.06. The molecule has 6 nitrogen and oxygen atoms in total. The number of thiophene rings is 1. The highest BCUT2D eigenvalue weighted by atomic mass is 35.5. The Morgan fingerprint density at radius 1 is 1.39 bits per heavy atom. The Hall–Kier alpha value is -1.77. The number of hydrogen-bond acceptors (Lipinski definition) is 6. The Balaban J connectivity index is 1.92. The number of rotatable bonds is 4. The number of nitrogens with two attached hydrogens (primary N) is 1. The third-order valence-electron chi connectivity index (χ3n) is 3.23. The van der Waals surface area contributed by atoms with E-state index in [1.54, 1.807) is 14.1 Å². The maximum Gasteiger partial charge on any atom is 0.232 e. The zero-order chi connectivity index (χ0) is 16.6. The van der Waals surface area contributed by atoms with E-state index in [0.717, 1.165) is 15.0 Å². The largest absolute Gasteiger partial charge is 0.348 e. The van der Waals surface area contributed by atoms with Crippen LogP contribution >= 0.6 is 34.7 Å². The molecule has 2 aromatic heterocycles. The van der Waals surface area contributed by atoms with Crippen LogP contribution in [0.1, 0.15) is 0 Å². The van der Waals surface area contributed by atoms with Gasteiger partial charge in [0.05, 0.1) is 15.7 Å². The highest BCUT2D eigenvalue weighted by molar-refractivity contribution is 7.99. The van der Waals surface area contributed by atoms with Crippen LogP contribution < -0.4 is 5.84 Å². The minimum atomic E-state index is -0.0144. The molecule has 0 saturated heterocycles. The molecule has 0 aliphatic heterocycles. The predicted octanol–water partition coefficient (Wildman–Crippen LogP) is 2.71. The van der Waals surface area contributed by atoms with Gasteiger partial charge in [-0.15, -0.1) is 21.5 Å². The van der Waals surface area contributed by atoms with E-state index >= 15 is 0 Å². The second-order valence-corrected chi connectivity index (χ2v) is 7.37. The van der Waals surface area contributed by atoms with E-state index in [1.165, 1.54) is 32.7 Å². The molecule has 0 fully saturated rings. The summed E-state index contributed by atoms with van der Waals surface area (Å²) in [6.45, 7) is 0. The van der Waals surface area contributed by atoms with E-state index in [2.05, 4.69) is 10.2 Å². The lowest BCUT2D eigenvalue weighted by molar-refractivity contribution is -0.125. The fourth-order valence-electron chi connectivity index (χ4n) is 1.94. The standard InChI is InChI=1S/C14H14ClN5OS2/c1-19(2)10(21)7-22-14-18-17-13(20(14)16)12-11(15)8-5-3-4-6-9(8)23-12/h3-6H,7,16H2,1-2H3. The second-order valence-electron chi connectivity index (χ2n) is 4.99. The van der Waals surface area contributed by atoms with Gasteiger partial charge in [0, 0.05) is 24.2 Å². The first kappa shape index (κ1) is 16.1. The van der Waals surface area contributed by atoms with Crippen LogP contribution in [0, 0.1) is 0 Å². The first-order chi connectivity index (χ1) is 11.0. The smallest absolute Gasteiger partial charge is 0.232 e. The Morgan fingerprint density at radius 3 is 2.83 bits per heavy atom. The van der Waals surface area contributed by atoms with Gasteiger partial charge >= 0.3 is 0 Å². The highest BCUT2D eigenvalue weighted by Crippen LogP contribution is 2.41. The van der Waals surface area contributed by atoms with Gasteiger partial charge < -0.3 is 10.7 Å². The van der Waals surface area contributed by atoms with Gasteiger partial charge in [0.15, 0.2) is 5.82 Å². The number of nitrogen functional groups attached to an aromatic ring is 1. The van der Waals surface area contributed by atoms with Crippen LogP contribution in [0.5, 0.6) is 0 Å². The van der Waals surface area contributed by atoms with Crippen molar-refractivity contribution < 1.29 is 4.79 Å². The molecule has 3 rings (SSSR count). The fraction of sp³-hybridized carbons (Fsp3) is 0.214. The SMILES string of the molecule is CN(C)C(=O)CSc1nnc(-c2sc3ccccc3c2Cl)n1N. The monoisotopic (exact) mass is 367 g/mol. The molecular weight excluding hydrogens is 354 g/mol. The number of amides is 1. The molecule has 0 radical (unpaired) electrons. The molecule has 23 heavy (non-hydrogen) atoms. The third kappa shape index (κ3) is 3.01. The van der Waals surface area contributed by atoms with Crippen molar-refractivity contribution in [3.63, 3.8) is 0 Å². The van der Waals surface area contributed by atoms with Crippen molar-refractivity contribution in [1.29, 1.82) is 0 Å². The van der Waals surface area contributed by atoms with E-state index in [0.29, 0.717) is 16.0 Å². The van der Waals surface area contributed by atoms with Crippen LogP contribution in [0.2, 0.25) is 5.02 Å². The molecule has 0 atom stereocenters. The van der Waals surface area contributed by atoms with Gasteiger partial charge in [-0.3, -0.25) is 4.79 Å². The van der Waals surface area contributed by atoms with Gasteiger partial charge in [0.1, 0.15) is 0 Å². The summed E-state index contributed by atoms with van der Waals surface area (Å²) in [5.41, 5.74) is 0. The molecular formula is C14H14ClN5OS2. The number of benzene rings is 1. The maximum atomic E-state index is 11.7. The molecule has 1 aromatic carbocycles. The van der Waals surface area contributed by atoms with Gasteiger partial charge in [-0.1, -0.05) is 41.6 Å². The quantitative estimate of drug-likeness (QED) is 0.566. The molecule has 1 amide bonds. The summed E-state index contributed by atoms with van der Waals surface area (Å²) in [5, 5.41) is 10.3. The molecule has 0 bridgehead atoms. The van der Waals surface area contributed by atoms with E-state index < -0.39 is 0 Å². The van der Waals surface area contributed by atoms with Gasteiger partial charge in [-0.05, 0) is 6.07 Å². The lowest BCUT2D eigenvalue weighted by atomic mass is 10.2. The van der Waals surface area contributed by atoms with Crippen LogP contribution in [0.15, 0.2) is 29.4 Å². The van der Waals surface area contributed by atoms with Crippen LogP contribution in [-0.4, -0.2) is 45.5 Å². The predicted molar refractivity (Wildman–Crippen MR) is 95.4 cm³/mol. The summed E-state index contributed by atoms with van der Waals surface area (Å²) in [6, 6.07) is 7.85. The minimum absolute atomic E-state index is 0.0144. The van der Waals surface area contributed by atoms with Gasteiger partial charge in [0.2, 0.25) is 11.1 Å². The van der Waals surface area contributed by atoms with Crippen molar-refractivity contribution in [2.45, 2.75) is 5.16 Å². The number of aromatic nitrogens is 3. The van der Waals surface area contributed by atoms with Crippen molar-refractivity contribution in [3.05, 3.63) is 29.3 Å². The Labute approximate surface area is 146 Å². The average molecular weight is 368 g/mol. The molecule has 0 unspecified atom stereocenters. The number of nitrogens with zero attached hydrogens (tertiary/aromatic N) is 4. The molecule has 3 aromatic rings. The van der Waals surface area contributed by atoms with Crippen LogP contribution in [0.25, 0.3) is 20.8 Å². The first-order valence-electron chi connectivity index (χ1n) is 6.70. The number of carbonyl (C=O) groups is 1. The van der Waals surface area contributed by atoms with E-state index in [1.807, 2.05) is 24.3 Å². The van der Waals surface area contributed by atoms with Crippen LogP contribution in [0.3, 0.4) is 0 Å². The zero-order valence-electron chi connectivity index (χ0n) is 12.5. The Kier molecular flexibility index (Phi) is 4.47. The molecule has 2 heterocycles.